The van der Waals surface area contributed by atoms with Crippen molar-refractivity contribution in [3.05, 3.63) is 0 Å². The van der Waals surface area contributed by atoms with Crippen LogP contribution in [0.5, 0.6) is 0 Å². The van der Waals surface area contributed by atoms with E-state index in [9.17, 15) is 18.0 Å². The summed E-state index contributed by atoms with van der Waals surface area (Å²) in [6.07, 6.45) is -4.58. The third-order valence-electron chi connectivity index (χ3n) is 0.537. The summed E-state index contributed by atoms with van der Waals surface area (Å²) >= 11 is 2.06. The zero-order chi connectivity index (χ0) is 7.65. The highest BCUT2D eigenvalue weighted by atomic mass is 79.9. The number of carbonyl (C=O) groups excluding carboxylic acids is 1. The summed E-state index contributed by atoms with van der Waals surface area (Å²) in [4.78, 5) is 7.57. The van der Waals surface area contributed by atoms with Crippen LogP contribution in [0.1, 0.15) is 0 Å². The van der Waals surface area contributed by atoms with Crippen molar-refractivity contribution in [2.45, 2.75) is 11.0 Å². The number of halogens is 4. The maximum Gasteiger partial charge on any atom is 0.410 e. The first-order chi connectivity index (χ1) is 3.85. The molecule has 2 nitrogen and oxygen atoms in total. The van der Waals surface area contributed by atoms with Gasteiger partial charge in [-0.1, -0.05) is 15.9 Å². The molecule has 0 bridgehead atoms. The zero-order valence-electron chi connectivity index (χ0n) is 4.07. The Bertz CT molecular complexity index is 123. The summed E-state index contributed by atoms with van der Waals surface area (Å²) in [7, 11) is 0. The van der Waals surface area contributed by atoms with Crippen LogP contribution in [0.25, 0.3) is 0 Å². The fourth-order valence-electron chi connectivity index (χ4n) is 0.161. The van der Waals surface area contributed by atoms with Gasteiger partial charge in [-0.3, -0.25) is 4.79 Å². The van der Waals surface area contributed by atoms with Crippen molar-refractivity contribution in [2.75, 3.05) is 0 Å². The van der Waals surface area contributed by atoms with Crippen molar-refractivity contribution in [1.82, 2.24) is 0 Å². The lowest BCUT2D eigenvalue weighted by Crippen LogP contribution is -2.36. The van der Waals surface area contributed by atoms with Gasteiger partial charge in [-0.05, 0) is 0 Å². The van der Waals surface area contributed by atoms with Crippen LogP contribution < -0.4 is 5.73 Å². The number of hydrogen-bond acceptors (Lipinski definition) is 1. The molecule has 1 amide bonds. The van der Waals surface area contributed by atoms with Gasteiger partial charge in [0.25, 0.3) is 0 Å². The molecular weight excluding hydrogens is 203 g/mol. The molecule has 1 unspecified atom stereocenters. The first-order valence-electron chi connectivity index (χ1n) is 1.86. The van der Waals surface area contributed by atoms with Gasteiger partial charge < -0.3 is 5.73 Å². The van der Waals surface area contributed by atoms with Gasteiger partial charge in [0, 0.05) is 0 Å². The van der Waals surface area contributed by atoms with E-state index in [4.69, 9.17) is 0 Å². The topological polar surface area (TPSA) is 43.1 Å². The van der Waals surface area contributed by atoms with Crippen LogP contribution in [-0.2, 0) is 4.79 Å². The molecule has 0 aromatic heterocycles. The van der Waals surface area contributed by atoms with E-state index in [0.717, 1.165) is 0 Å². The lowest BCUT2D eigenvalue weighted by Gasteiger charge is -2.08. The number of rotatable bonds is 1. The molecule has 1 atom stereocenters. The van der Waals surface area contributed by atoms with E-state index in [2.05, 4.69) is 21.7 Å². The second-order valence-corrected chi connectivity index (χ2v) is 2.22. The maximum absolute atomic E-state index is 11.4. The van der Waals surface area contributed by atoms with Gasteiger partial charge in [0.1, 0.15) is 0 Å². The summed E-state index contributed by atoms with van der Waals surface area (Å²) < 4.78 is 34.1. The molecule has 9 heavy (non-hydrogen) atoms. The van der Waals surface area contributed by atoms with Gasteiger partial charge >= 0.3 is 6.18 Å². The quantitative estimate of drug-likeness (QED) is 0.633. The molecule has 0 aromatic rings. The highest BCUT2D eigenvalue weighted by molar-refractivity contribution is 9.10. The van der Waals surface area contributed by atoms with Crippen LogP contribution in [-0.4, -0.2) is 16.9 Å². The zero-order valence-corrected chi connectivity index (χ0v) is 5.66. The SMILES string of the molecule is NC(=O)C(Br)C(F)(F)F. The van der Waals surface area contributed by atoms with Crippen LogP contribution in [0, 0.1) is 0 Å². The minimum absolute atomic E-state index is 1.43. The van der Waals surface area contributed by atoms with Crippen LogP contribution >= 0.6 is 15.9 Å². The smallest absolute Gasteiger partial charge is 0.368 e. The van der Waals surface area contributed by atoms with Gasteiger partial charge in [-0.15, -0.1) is 0 Å². The summed E-state index contributed by atoms with van der Waals surface area (Å²) in [5, 5.41) is 0. The first-order valence-corrected chi connectivity index (χ1v) is 2.77. The van der Waals surface area contributed by atoms with E-state index in [1.165, 1.54) is 0 Å². The van der Waals surface area contributed by atoms with Crippen molar-refractivity contribution < 1.29 is 18.0 Å². The summed E-state index contributed by atoms with van der Waals surface area (Å²) in [5.74, 6) is -1.43. The van der Waals surface area contributed by atoms with Crippen molar-refractivity contribution in [3.63, 3.8) is 0 Å². The Morgan fingerprint density at radius 2 is 1.89 bits per heavy atom. The molecule has 0 fully saturated rings. The minimum atomic E-state index is -4.58. The molecule has 0 aliphatic heterocycles. The van der Waals surface area contributed by atoms with Crippen LogP contribution in [0.3, 0.4) is 0 Å². The standard InChI is InChI=1S/C3H3BrF3NO/c4-1(2(8)9)3(5,6)7/h1H,(H2,8,9). The lowest BCUT2D eigenvalue weighted by molar-refractivity contribution is -0.146. The number of amides is 1. The Balaban J connectivity index is 4.04. The van der Waals surface area contributed by atoms with Gasteiger partial charge in [-0.2, -0.15) is 13.2 Å². The molecular formula is C3H3BrF3NO. The first kappa shape index (κ1) is 8.74. The highest BCUT2D eigenvalue weighted by Crippen LogP contribution is 2.25. The van der Waals surface area contributed by atoms with E-state index in [1.807, 2.05) is 0 Å². The fourth-order valence-corrected chi connectivity index (χ4v) is 0.161. The van der Waals surface area contributed by atoms with E-state index in [-0.39, 0.29) is 0 Å². The van der Waals surface area contributed by atoms with Gasteiger partial charge in [0.05, 0.1) is 0 Å². The third kappa shape index (κ3) is 2.69. The average molecular weight is 206 g/mol. The molecule has 0 aliphatic rings. The Morgan fingerprint density at radius 1 is 1.56 bits per heavy atom. The Morgan fingerprint density at radius 3 is 1.89 bits per heavy atom. The number of nitrogens with two attached hydrogens (primary N) is 1. The molecule has 0 saturated heterocycles. The summed E-state index contributed by atoms with van der Waals surface area (Å²) in [5.41, 5.74) is 4.32. The van der Waals surface area contributed by atoms with E-state index in [0.29, 0.717) is 0 Å². The predicted octanol–water partition coefficient (Wildman–Crippen LogP) is 0.798. The molecule has 0 heterocycles. The van der Waals surface area contributed by atoms with Crippen LogP contribution in [0.4, 0.5) is 13.2 Å². The van der Waals surface area contributed by atoms with Crippen molar-refractivity contribution in [3.8, 4) is 0 Å². The Labute approximate surface area is 57.3 Å². The minimum Gasteiger partial charge on any atom is -0.368 e. The molecule has 6 heteroatoms. The Kier molecular flexibility index (Phi) is 2.48. The number of carbonyl (C=O) groups is 1. The molecule has 54 valence electrons. The molecule has 0 aromatic carbocycles. The van der Waals surface area contributed by atoms with Crippen LogP contribution in [0.15, 0.2) is 0 Å². The van der Waals surface area contributed by atoms with Crippen molar-refractivity contribution in [2.24, 2.45) is 5.73 Å². The normalized spacial score (nSPS) is 15.1. The molecule has 2 N–H and O–H groups in total. The molecule has 0 saturated carbocycles. The monoisotopic (exact) mass is 205 g/mol. The van der Waals surface area contributed by atoms with Crippen LogP contribution in [0.2, 0.25) is 0 Å². The number of alkyl halides is 4. The second-order valence-electron chi connectivity index (χ2n) is 1.31. The summed E-state index contributed by atoms with van der Waals surface area (Å²) in [6, 6.07) is 0. The van der Waals surface area contributed by atoms with E-state index < -0.39 is 16.9 Å². The van der Waals surface area contributed by atoms with Gasteiger partial charge in [-0.25, -0.2) is 0 Å². The lowest BCUT2D eigenvalue weighted by atomic mass is 10.4. The maximum atomic E-state index is 11.4. The largest absolute Gasteiger partial charge is 0.410 e. The van der Waals surface area contributed by atoms with Gasteiger partial charge in [0.15, 0.2) is 4.83 Å². The number of hydrogen-bond donors (Lipinski definition) is 1. The van der Waals surface area contributed by atoms with E-state index >= 15 is 0 Å². The third-order valence-corrected chi connectivity index (χ3v) is 1.51. The van der Waals surface area contributed by atoms with Gasteiger partial charge in [0.2, 0.25) is 5.91 Å². The summed E-state index contributed by atoms with van der Waals surface area (Å²) in [6.45, 7) is 0. The van der Waals surface area contributed by atoms with E-state index in [1.54, 1.807) is 0 Å². The highest BCUT2D eigenvalue weighted by Gasteiger charge is 2.41. The molecule has 0 spiro atoms. The molecule has 0 radical (unpaired) electrons. The predicted molar refractivity (Wildman–Crippen MR) is 28.0 cm³/mol. The molecule has 0 rings (SSSR count). The fraction of sp³-hybridized carbons (Fsp3) is 0.667. The Hall–Kier alpha value is -0.260. The average Bonchev–Trinajstić information content (AvgIpc) is 1.62. The van der Waals surface area contributed by atoms with Crippen molar-refractivity contribution in [1.29, 1.82) is 0 Å². The van der Waals surface area contributed by atoms with Crippen molar-refractivity contribution >= 4 is 21.8 Å². The molecule has 0 aliphatic carbocycles. The second kappa shape index (κ2) is 2.55. The number of primary amides is 1.